The standard InChI is InChI=1S/C19H16ClN3O4/c1-26-18-10-13(7-9-19(24)25)6-8-17(18)27-12-14-11-23(22-21-14)16-5-3-2-4-15(16)20/h2-11H,12H2,1H3,(H,24,25)/b9-7+. The van der Waals surface area contributed by atoms with Crippen LogP contribution in [0.1, 0.15) is 11.3 Å². The molecule has 0 aliphatic heterocycles. The largest absolute Gasteiger partial charge is 0.493 e. The Morgan fingerprint density at radius 3 is 2.81 bits per heavy atom. The van der Waals surface area contributed by atoms with E-state index in [-0.39, 0.29) is 6.61 Å². The van der Waals surface area contributed by atoms with Crippen LogP contribution in [0.25, 0.3) is 11.8 Å². The van der Waals surface area contributed by atoms with E-state index in [0.717, 1.165) is 11.8 Å². The van der Waals surface area contributed by atoms with E-state index in [1.165, 1.54) is 13.2 Å². The summed E-state index contributed by atoms with van der Waals surface area (Å²) in [6.45, 7) is 0.186. The smallest absolute Gasteiger partial charge is 0.328 e. The summed E-state index contributed by atoms with van der Waals surface area (Å²) in [7, 11) is 1.51. The first-order chi connectivity index (χ1) is 13.1. The highest BCUT2D eigenvalue weighted by molar-refractivity contribution is 6.32. The molecule has 1 heterocycles. The van der Waals surface area contributed by atoms with Gasteiger partial charge < -0.3 is 14.6 Å². The molecule has 3 rings (SSSR count). The van der Waals surface area contributed by atoms with Crippen LogP contribution in [0.15, 0.2) is 54.7 Å². The molecule has 8 heteroatoms. The van der Waals surface area contributed by atoms with Crippen LogP contribution in [0, 0.1) is 0 Å². The van der Waals surface area contributed by atoms with Gasteiger partial charge in [0.1, 0.15) is 12.3 Å². The predicted octanol–water partition coefficient (Wildman–Crippen LogP) is 3.61. The van der Waals surface area contributed by atoms with Crippen molar-refractivity contribution in [2.45, 2.75) is 6.61 Å². The first-order valence-electron chi connectivity index (χ1n) is 7.95. The molecule has 0 amide bonds. The molecule has 3 aromatic rings. The molecule has 27 heavy (non-hydrogen) atoms. The summed E-state index contributed by atoms with van der Waals surface area (Å²) in [6.07, 6.45) is 4.27. The second-order valence-corrected chi connectivity index (χ2v) is 5.88. The number of nitrogens with zero attached hydrogens (tertiary/aromatic N) is 3. The molecule has 0 atom stereocenters. The lowest BCUT2D eigenvalue weighted by atomic mass is 10.2. The van der Waals surface area contributed by atoms with Gasteiger partial charge in [0, 0.05) is 6.08 Å². The average molecular weight is 386 g/mol. The lowest BCUT2D eigenvalue weighted by Gasteiger charge is -2.10. The molecule has 0 saturated carbocycles. The van der Waals surface area contributed by atoms with Gasteiger partial charge in [0.15, 0.2) is 11.5 Å². The maximum atomic E-state index is 10.6. The molecule has 0 spiro atoms. The molecule has 138 valence electrons. The number of aliphatic carboxylic acids is 1. The summed E-state index contributed by atoms with van der Waals surface area (Å²) in [4.78, 5) is 10.6. The summed E-state index contributed by atoms with van der Waals surface area (Å²) in [5.74, 6) is -0.0193. The van der Waals surface area contributed by atoms with Crippen molar-refractivity contribution in [3.05, 3.63) is 71.0 Å². The molecule has 2 aromatic carbocycles. The molecule has 1 N–H and O–H groups in total. The number of rotatable bonds is 7. The van der Waals surface area contributed by atoms with Gasteiger partial charge in [0.25, 0.3) is 0 Å². The van der Waals surface area contributed by atoms with Crippen molar-refractivity contribution < 1.29 is 19.4 Å². The Morgan fingerprint density at radius 2 is 2.07 bits per heavy atom. The summed E-state index contributed by atoms with van der Waals surface area (Å²) < 4.78 is 12.6. The monoisotopic (exact) mass is 385 g/mol. The third kappa shape index (κ3) is 4.65. The summed E-state index contributed by atoms with van der Waals surface area (Å²) in [5.41, 5.74) is 2.03. The van der Waals surface area contributed by atoms with E-state index in [1.807, 2.05) is 18.2 Å². The average Bonchev–Trinajstić information content (AvgIpc) is 3.14. The maximum absolute atomic E-state index is 10.6. The van der Waals surface area contributed by atoms with E-state index < -0.39 is 5.97 Å². The summed E-state index contributed by atoms with van der Waals surface area (Å²) in [6, 6.07) is 12.5. The molecule has 0 radical (unpaired) electrons. The fraction of sp³-hybridized carbons (Fsp3) is 0.105. The van der Waals surface area contributed by atoms with Gasteiger partial charge in [-0.05, 0) is 35.9 Å². The Labute approximate surface area is 160 Å². The number of methoxy groups -OCH3 is 1. The van der Waals surface area contributed by atoms with E-state index in [0.29, 0.717) is 27.8 Å². The molecule has 0 unspecified atom stereocenters. The Hall–Kier alpha value is -3.32. The van der Waals surface area contributed by atoms with Crippen molar-refractivity contribution in [1.82, 2.24) is 15.0 Å². The Balaban J connectivity index is 1.72. The minimum absolute atomic E-state index is 0.186. The van der Waals surface area contributed by atoms with Crippen LogP contribution in [0.4, 0.5) is 0 Å². The van der Waals surface area contributed by atoms with Gasteiger partial charge in [-0.1, -0.05) is 35.0 Å². The zero-order valence-electron chi connectivity index (χ0n) is 14.4. The van der Waals surface area contributed by atoms with Crippen LogP contribution in [-0.2, 0) is 11.4 Å². The second-order valence-electron chi connectivity index (χ2n) is 5.48. The number of carbonyl (C=O) groups is 1. The fourth-order valence-corrected chi connectivity index (χ4v) is 2.57. The number of ether oxygens (including phenoxy) is 2. The van der Waals surface area contributed by atoms with Crippen LogP contribution in [0.3, 0.4) is 0 Å². The summed E-state index contributed by atoms with van der Waals surface area (Å²) in [5, 5.41) is 17.4. The van der Waals surface area contributed by atoms with Gasteiger partial charge in [-0.2, -0.15) is 0 Å². The number of benzene rings is 2. The van der Waals surface area contributed by atoms with E-state index in [2.05, 4.69) is 10.3 Å². The third-order valence-electron chi connectivity index (χ3n) is 3.62. The van der Waals surface area contributed by atoms with Gasteiger partial charge in [0.2, 0.25) is 0 Å². The highest BCUT2D eigenvalue weighted by Crippen LogP contribution is 2.29. The Bertz CT molecular complexity index is 985. The summed E-state index contributed by atoms with van der Waals surface area (Å²) >= 11 is 6.16. The molecule has 0 bridgehead atoms. The van der Waals surface area contributed by atoms with Crippen LogP contribution in [-0.4, -0.2) is 33.2 Å². The first kappa shape index (κ1) is 18.5. The van der Waals surface area contributed by atoms with Crippen molar-refractivity contribution in [2.75, 3.05) is 7.11 Å². The van der Waals surface area contributed by atoms with Crippen molar-refractivity contribution in [3.8, 4) is 17.2 Å². The Kier molecular flexibility index (Phi) is 5.73. The number of aromatic nitrogens is 3. The number of halogens is 1. The quantitative estimate of drug-likeness (QED) is 0.625. The molecule has 0 aliphatic carbocycles. The topological polar surface area (TPSA) is 86.5 Å². The first-order valence-corrected chi connectivity index (χ1v) is 8.32. The minimum atomic E-state index is -1.02. The van der Waals surface area contributed by atoms with E-state index in [1.54, 1.807) is 35.1 Å². The van der Waals surface area contributed by atoms with Crippen LogP contribution < -0.4 is 9.47 Å². The van der Waals surface area contributed by atoms with E-state index >= 15 is 0 Å². The highest BCUT2D eigenvalue weighted by atomic mass is 35.5. The predicted molar refractivity (Wildman–Crippen MR) is 100 cm³/mol. The van der Waals surface area contributed by atoms with Crippen LogP contribution >= 0.6 is 11.6 Å². The van der Waals surface area contributed by atoms with Gasteiger partial charge in [0.05, 0.1) is 24.0 Å². The number of para-hydroxylation sites is 1. The zero-order chi connectivity index (χ0) is 19.2. The van der Waals surface area contributed by atoms with Gasteiger partial charge in [-0.15, -0.1) is 5.10 Å². The lowest BCUT2D eigenvalue weighted by molar-refractivity contribution is -0.131. The number of hydrogen-bond acceptors (Lipinski definition) is 5. The molecular weight excluding hydrogens is 370 g/mol. The van der Waals surface area contributed by atoms with Crippen molar-refractivity contribution in [3.63, 3.8) is 0 Å². The van der Waals surface area contributed by atoms with Gasteiger partial charge in [-0.3, -0.25) is 0 Å². The van der Waals surface area contributed by atoms with Crippen LogP contribution in [0.2, 0.25) is 5.02 Å². The van der Waals surface area contributed by atoms with Crippen molar-refractivity contribution in [2.24, 2.45) is 0 Å². The normalized spacial score (nSPS) is 10.9. The van der Waals surface area contributed by atoms with Crippen molar-refractivity contribution in [1.29, 1.82) is 0 Å². The highest BCUT2D eigenvalue weighted by Gasteiger charge is 2.09. The number of carboxylic acid groups (broad SMARTS) is 1. The molecular formula is C19H16ClN3O4. The third-order valence-corrected chi connectivity index (χ3v) is 3.94. The van der Waals surface area contributed by atoms with Gasteiger partial charge >= 0.3 is 5.97 Å². The molecule has 1 aromatic heterocycles. The van der Waals surface area contributed by atoms with Crippen LogP contribution in [0.5, 0.6) is 11.5 Å². The van der Waals surface area contributed by atoms with Crippen molar-refractivity contribution >= 4 is 23.6 Å². The molecule has 7 nitrogen and oxygen atoms in total. The van der Waals surface area contributed by atoms with E-state index in [9.17, 15) is 4.79 Å². The molecule has 0 fully saturated rings. The second kappa shape index (κ2) is 8.37. The number of hydrogen-bond donors (Lipinski definition) is 1. The lowest BCUT2D eigenvalue weighted by Crippen LogP contribution is -1.98. The zero-order valence-corrected chi connectivity index (χ0v) is 15.1. The minimum Gasteiger partial charge on any atom is -0.493 e. The number of carboxylic acids is 1. The SMILES string of the molecule is COc1cc(/C=C/C(=O)O)ccc1OCc1cn(-c2ccccc2Cl)nn1. The van der Waals surface area contributed by atoms with E-state index in [4.69, 9.17) is 26.2 Å². The molecule has 0 saturated heterocycles. The maximum Gasteiger partial charge on any atom is 0.328 e. The fourth-order valence-electron chi connectivity index (χ4n) is 2.35. The Morgan fingerprint density at radius 1 is 1.26 bits per heavy atom. The molecule has 0 aliphatic rings. The van der Waals surface area contributed by atoms with Gasteiger partial charge in [-0.25, -0.2) is 9.48 Å².